The lowest BCUT2D eigenvalue weighted by molar-refractivity contribution is -0.144. The number of carbonyl (C=O) groups is 3. The highest BCUT2D eigenvalue weighted by Gasteiger charge is 2.13. The van der Waals surface area contributed by atoms with Gasteiger partial charge in [-0.25, -0.2) is 4.98 Å². The van der Waals surface area contributed by atoms with Crippen LogP contribution in [-0.4, -0.2) is 34.3 Å². The second-order valence-corrected chi connectivity index (χ2v) is 7.29. The van der Waals surface area contributed by atoms with E-state index in [0.717, 1.165) is 11.1 Å². The van der Waals surface area contributed by atoms with Gasteiger partial charge in [0.05, 0.1) is 17.5 Å². The van der Waals surface area contributed by atoms with Gasteiger partial charge in [-0.05, 0) is 35.9 Å². The Kier molecular flexibility index (Phi) is 6.75. The molecule has 8 heteroatoms. The number of aromatic amines is 1. The van der Waals surface area contributed by atoms with Gasteiger partial charge in [0.1, 0.15) is 6.61 Å². The Morgan fingerprint density at radius 3 is 2.48 bits per heavy atom. The van der Waals surface area contributed by atoms with Crippen molar-refractivity contribution in [2.75, 3.05) is 11.9 Å². The zero-order valence-corrected chi connectivity index (χ0v) is 17.7. The molecule has 1 aromatic heterocycles. The number of imidazole rings is 1. The minimum absolute atomic E-state index is 0.0566. The predicted molar refractivity (Wildman–Crippen MR) is 124 cm³/mol. The van der Waals surface area contributed by atoms with E-state index in [1.807, 2.05) is 54.6 Å². The SMILES string of the molecule is O=C(CCNC(=O)c1cccc(NC(=O)c2nc3ccccc3[nH]2)c1)OCc1ccccc1. The lowest BCUT2D eigenvalue weighted by Gasteiger charge is -2.08. The van der Waals surface area contributed by atoms with Crippen LogP contribution in [0.3, 0.4) is 0 Å². The quantitative estimate of drug-likeness (QED) is 0.360. The van der Waals surface area contributed by atoms with Crippen LogP contribution in [0, 0.1) is 0 Å². The van der Waals surface area contributed by atoms with Gasteiger partial charge in [-0.3, -0.25) is 14.4 Å². The van der Waals surface area contributed by atoms with E-state index in [9.17, 15) is 14.4 Å². The van der Waals surface area contributed by atoms with Crippen LogP contribution in [0.4, 0.5) is 5.69 Å². The first-order valence-electron chi connectivity index (χ1n) is 10.4. The van der Waals surface area contributed by atoms with Crippen molar-refractivity contribution in [3.63, 3.8) is 0 Å². The number of H-pyrrole nitrogens is 1. The summed E-state index contributed by atoms with van der Waals surface area (Å²) in [6.07, 6.45) is 0.0566. The molecule has 0 fully saturated rings. The fourth-order valence-electron chi connectivity index (χ4n) is 3.18. The van der Waals surface area contributed by atoms with Crippen LogP contribution in [0.5, 0.6) is 0 Å². The number of rotatable bonds is 8. The van der Waals surface area contributed by atoms with Crippen LogP contribution in [0.15, 0.2) is 78.9 Å². The molecular weight excluding hydrogens is 420 g/mol. The highest BCUT2D eigenvalue weighted by molar-refractivity contribution is 6.04. The molecule has 33 heavy (non-hydrogen) atoms. The molecule has 3 aromatic carbocycles. The van der Waals surface area contributed by atoms with Crippen molar-refractivity contribution < 1.29 is 19.1 Å². The molecule has 1 heterocycles. The number of nitrogens with one attached hydrogen (secondary N) is 3. The van der Waals surface area contributed by atoms with E-state index in [-0.39, 0.29) is 31.3 Å². The smallest absolute Gasteiger partial charge is 0.307 e. The summed E-state index contributed by atoms with van der Waals surface area (Å²) in [6, 6.07) is 23.2. The first kappa shape index (κ1) is 21.8. The molecule has 0 aliphatic rings. The summed E-state index contributed by atoms with van der Waals surface area (Å²) < 4.78 is 5.20. The number of hydrogen-bond donors (Lipinski definition) is 3. The Balaban J connectivity index is 1.27. The fourth-order valence-corrected chi connectivity index (χ4v) is 3.18. The Hall–Kier alpha value is -4.46. The van der Waals surface area contributed by atoms with E-state index < -0.39 is 11.9 Å². The van der Waals surface area contributed by atoms with Crippen molar-refractivity contribution in [2.45, 2.75) is 13.0 Å². The molecule has 166 valence electrons. The maximum Gasteiger partial charge on any atom is 0.307 e. The normalized spacial score (nSPS) is 10.5. The second-order valence-electron chi connectivity index (χ2n) is 7.29. The van der Waals surface area contributed by atoms with Gasteiger partial charge in [0, 0.05) is 17.8 Å². The molecule has 4 rings (SSSR count). The number of benzene rings is 3. The van der Waals surface area contributed by atoms with Crippen molar-refractivity contribution in [3.05, 3.63) is 95.8 Å². The zero-order chi connectivity index (χ0) is 23.0. The van der Waals surface area contributed by atoms with Gasteiger partial charge in [-0.2, -0.15) is 0 Å². The first-order chi connectivity index (χ1) is 16.1. The Bertz CT molecular complexity index is 1250. The molecule has 0 radical (unpaired) electrons. The van der Waals surface area contributed by atoms with Gasteiger partial charge < -0.3 is 20.4 Å². The molecular formula is C25H22N4O4. The Labute approximate surface area is 190 Å². The minimum atomic E-state index is -0.412. The van der Waals surface area contributed by atoms with E-state index in [0.29, 0.717) is 16.8 Å². The fraction of sp³-hybridized carbons (Fsp3) is 0.120. The molecule has 0 aliphatic heterocycles. The van der Waals surface area contributed by atoms with Gasteiger partial charge in [0.15, 0.2) is 5.82 Å². The summed E-state index contributed by atoms with van der Waals surface area (Å²) in [4.78, 5) is 44.1. The van der Waals surface area contributed by atoms with Crippen LogP contribution in [0.25, 0.3) is 11.0 Å². The summed E-state index contributed by atoms with van der Waals surface area (Å²) >= 11 is 0. The standard InChI is InChI=1S/C25H22N4O4/c30-22(33-16-17-7-2-1-3-8-17)13-14-26-24(31)18-9-6-10-19(15-18)27-25(32)23-28-20-11-4-5-12-21(20)29-23/h1-12,15H,13-14,16H2,(H,26,31)(H,27,32)(H,28,29). The zero-order valence-electron chi connectivity index (χ0n) is 17.7. The molecule has 2 amide bonds. The average Bonchev–Trinajstić information content (AvgIpc) is 3.28. The Morgan fingerprint density at radius 2 is 1.67 bits per heavy atom. The van der Waals surface area contributed by atoms with E-state index in [4.69, 9.17) is 4.74 Å². The summed E-state index contributed by atoms with van der Waals surface area (Å²) in [6.45, 7) is 0.336. The van der Waals surface area contributed by atoms with E-state index in [2.05, 4.69) is 20.6 Å². The first-order valence-corrected chi connectivity index (χ1v) is 10.4. The lowest BCUT2D eigenvalue weighted by atomic mass is 10.2. The molecule has 3 N–H and O–H groups in total. The van der Waals surface area contributed by atoms with Crippen LogP contribution in [-0.2, 0) is 16.1 Å². The van der Waals surface area contributed by atoms with Crippen LogP contribution in [0.1, 0.15) is 33.0 Å². The molecule has 0 saturated carbocycles. The van der Waals surface area contributed by atoms with Crippen molar-refractivity contribution in [1.29, 1.82) is 0 Å². The van der Waals surface area contributed by atoms with Crippen molar-refractivity contribution in [1.82, 2.24) is 15.3 Å². The van der Waals surface area contributed by atoms with Gasteiger partial charge in [0.2, 0.25) is 0 Å². The number of nitrogens with zero attached hydrogens (tertiary/aromatic N) is 1. The summed E-state index contributed by atoms with van der Waals surface area (Å²) in [5.41, 5.74) is 3.16. The number of ether oxygens (including phenoxy) is 1. The minimum Gasteiger partial charge on any atom is -0.461 e. The van der Waals surface area contributed by atoms with Crippen molar-refractivity contribution in [2.24, 2.45) is 0 Å². The third-order valence-electron chi connectivity index (χ3n) is 4.84. The van der Waals surface area contributed by atoms with E-state index in [1.54, 1.807) is 24.3 Å². The predicted octanol–water partition coefficient (Wildman–Crippen LogP) is 3.68. The van der Waals surface area contributed by atoms with E-state index >= 15 is 0 Å². The van der Waals surface area contributed by atoms with Gasteiger partial charge in [-0.15, -0.1) is 0 Å². The van der Waals surface area contributed by atoms with Gasteiger partial charge in [-0.1, -0.05) is 48.5 Å². The second kappa shape index (κ2) is 10.2. The summed E-state index contributed by atoms with van der Waals surface area (Å²) in [5, 5.41) is 5.42. The van der Waals surface area contributed by atoms with Crippen molar-refractivity contribution in [3.8, 4) is 0 Å². The summed E-state index contributed by atoms with van der Waals surface area (Å²) in [5.74, 6) is -0.985. The third-order valence-corrected chi connectivity index (χ3v) is 4.84. The number of para-hydroxylation sites is 2. The molecule has 0 atom stereocenters. The maximum atomic E-state index is 12.5. The number of amides is 2. The molecule has 4 aromatic rings. The largest absolute Gasteiger partial charge is 0.461 e. The Morgan fingerprint density at radius 1 is 0.879 bits per heavy atom. The number of aromatic nitrogens is 2. The summed E-state index contributed by atoms with van der Waals surface area (Å²) in [7, 11) is 0. The number of fused-ring (bicyclic) bond motifs is 1. The third kappa shape index (κ3) is 5.82. The number of hydrogen-bond acceptors (Lipinski definition) is 5. The number of esters is 1. The van der Waals surface area contributed by atoms with Crippen LogP contribution >= 0.6 is 0 Å². The van der Waals surface area contributed by atoms with Gasteiger partial charge >= 0.3 is 5.97 Å². The molecule has 0 aliphatic carbocycles. The molecule has 0 saturated heterocycles. The van der Waals surface area contributed by atoms with Gasteiger partial charge in [0.25, 0.3) is 11.8 Å². The molecule has 8 nitrogen and oxygen atoms in total. The highest BCUT2D eigenvalue weighted by atomic mass is 16.5. The van der Waals surface area contributed by atoms with Crippen LogP contribution < -0.4 is 10.6 Å². The maximum absolute atomic E-state index is 12.5. The average molecular weight is 442 g/mol. The van der Waals surface area contributed by atoms with E-state index in [1.165, 1.54) is 0 Å². The molecule has 0 unspecified atom stereocenters. The molecule has 0 spiro atoms. The topological polar surface area (TPSA) is 113 Å². The highest BCUT2D eigenvalue weighted by Crippen LogP contribution is 2.14. The molecule has 0 bridgehead atoms. The van der Waals surface area contributed by atoms with Crippen molar-refractivity contribution >= 4 is 34.5 Å². The lowest BCUT2D eigenvalue weighted by Crippen LogP contribution is -2.26. The number of anilines is 1. The van der Waals surface area contributed by atoms with Crippen LogP contribution in [0.2, 0.25) is 0 Å². The monoisotopic (exact) mass is 442 g/mol. The number of carbonyl (C=O) groups excluding carboxylic acids is 3.